The molecule has 0 aliphatic carbocycles. The molecule has 2 heterocycles. The van der Waals surface area contributed by atoms with Crippen LogP contribution in [0.2, 0.25) is 0 Å². The average Bonchev–Trinajstić information content (AvgIpc) is 3.24. The number of carbonyl (C=O) groups is 1. The van der Waals surface area contributed by atoms with Gasteiger partial charge in [-0.25, -0.2) is 4.79 Å². The third-order valence-corrected chi connectivity index (χ3v) is 4.00. The first kappa shape index (κ1) is 15.1. The van der Waals surface area contributed by atoms with E-state index >= 15 is 0 Å². The molecule has 3 rings (SSSR count). The quantitative estimate of drug-likeness (QED) is 0.721. The summed E-state index contributed by atoms with van der Waals surface area (Å²) in [5, 5.41) is 15.7. The summed E-state index contributed by atoms with van der Waals surface area (Å²) >= 11 is 1.53. The fraction of sp³-hybridized carbons (Fsp3) is 0.125. The number of benzene rings is 1. The van der Waals surface area contributed by atoms with Crippen molar-refractivity contribution >= 4 is 17.3 Å². The molecular weight excluding hydrogens is 318 g/mol. The molecule has 0 aliphatic heterocycles. The molecule has 0 fully saturated rings. The molecule has 0 amide bonds. The lowest BCUT2D eigenvalue weighted by Crippen LogP contribution is -2.06. The first-order valence-electron chi connectivity index (χ1n) is 6.71. The molecule has 2 aromatic heterocycles. The Bertz CT molecular complexity index is 810. The lowest BCUT2D eigenvalue weighted by atomic mass is 10.2. The second-order valence-corrected chi connectivity index (χ2v) is 5.54. The van der Waals surface area contributed by atoms with Crippen molar-refractivity contribution in [1.82, 2.24) is 5.16 Å². The van der Waals surface area contributed by atoms with Crippen LogP contribution >= 0.6 is 11.3 Å². The largest absolute Gasteiger partial charge is 0.504 e. The van der Waals surface area contributed by atoms with Gasteiger partial charge in [-0.2, -0.15) is 0 Å². The summed E-state index contributed by atoms with van der Waals surface area (Å²) in [6, 6.07) is 10.1. The number of hydrogen-bond acceptors (Lipinski definition) is 7. The lowest BCUT2D eigenvalue weighted by molar-refractivity contribution is 0.0460. The van der Waals surface area contributed by atoms with Crippen molar-refractivity contribution in [3.05, 3.63) is 53.0 Å². The summed E-state index contributed by atoms with van der Waals surface area (Å²) in [4.78, 5) is 13.0. The molecule has 0 radical (unpaired) electrons. The van der Waals surface area contributed by atoms with E-state index in [4.69, 9.17) is 14.0 Å². The molecule has 0 saturated carbocycles. The monoisotopic (exact) mass is 331 g/mol. The second kappa shape index (κ2) is 6.53. The molecule has 0 atom stereocenters. The zero-order chi connectivity index (χ0) is 16.2. The Morgan fingerprint density at radius 3 is 2.96 bits per heavy atom. The van der Waals surface area contributed by atoms with Crippen LogP contribution in [0.4, 0.5) is 0 Å². The maximum Gasteiger partial charge on any atom is 0.342 e. The van der Waals surface area contributed by atoms with E-state index in [1.165, 1.54) is 24.5 Å². The van der Waals surface area contributed by atoms with E-state index in [1.807, 2.05) is 17.5 Å². The average molecular weight is 331 g/mol. The Balaban J connectivity index is 1.68. The van der Waals surface area contributed by atoms with Gasteiger partial charge in [0, 0.05) is 6.07 Å². The third kappa shape index (κ3) is 3.19. The van der Waals surface area contributed by atoms with Crippen LogP contribution < -0.4 is 4.74 Å². The minimum atomic E-state index is -0.665. The molecule has 7 heteroatoms. The lowest BCUT2D eigenvalue weighted by Gasteiger charge is -2.07. The maximum absolute atomic E-state index is 12.0. The van der Waals surface area contributed by atoms with Gasteiger partial charge in [0.2, 0.25) is 0 Å². The van der Waals surface area contributed by atoms with Gasteiger partial charge in [-0.1, -0.05) is 17.3 Å². The minimum absolute atomic E-state index is 0.0336. The zero-order valence-electron chi connectivity index (χ0n) is 12.2. The van der Waals surface area contributed by atoms with Crippen molar-refractivity contribution in [2.45, 2.75) is 6.61 Å². The summed E-state index contributed by atoms with van der Waals surface area (Å²) in [5.41, 5.74) is 0.524. The van der Waals surface area contributed by atoms with Crippen LogP contribution in [0.15, 0.2) is 46.3 Å². The molecule has 118 valence electrons. The number of methoxy groups -OCH3 is 1. The van der Waals surface area contributed by atoms with Gasteiger partial charge in [-0.15, -0.1) is 11.3 Å². The van der Waals surface area contributed by atoms with Crippen LogP contribution in [-0.2, 0) is 11.3 Å². The summed E-state index contributed by atoms with van der Waals surface area (Å²) in [6.07, 6.45) is 0. The van der Waals surface area contributed by atoms with Crippen molar-refractivity contribution in [2.24, 2.45) is 0 Å². The number of phenols is 1. The number of thiophene rings is 1. The SMILES string of the molecule is COc1cccc(C(=O)OCc2cc(-c3cccs3)on2)c1O. The minimum Gasteiger partial charge on any atom is -0.504 e. The molecule has 0 unspecified atom stereocenters. The Morgan fingerprint density at radius 2 is 2.22 bits per heavy atom. The molecule has 6 nitrogen and oxygen atoms in total. The van der Waals surface area contributed by atoms with E-state index in [0.717, 1.165) is 4.88 Å². The van der Waals surface area contributed by atoms with Gasteiger partial charge < -0.3 is 19.1 Å². The number of carbonyl (C=O) groups excluding carboxylic acids is 1. The number of hydrogen-bond donors (Lipinski definition) is 1. The van der Waals surface area contributed by atoms with Crippen LogP contribution in [-0.4, -0.2) is 23.3 Å². The van der Waals surface area contributed by atoms with Crippen molar-refractivity contribution < 1.29 is 23.9 Å². The highest BCUT2D eigenvalue weighted by molar-refractivity contribution is 7.13. The molecule has 0 saturated heterocycles. The van der Waals surface area contributed by atoms with E-state index < -0.39 is 5.97 Å². The van der Waals surface area contributed by atoms with Gasteiger partial charge in [-0.05, 0) is 23.6 Å². The third-order valence-electron chi connectivity index (χ3n) is 3.11. The number of rotatable bonds is 5. The normalized spacial score (nSPS) is 10.5. The summed E-state index contributed by atoms with van der Waals surface area (Å²) in [6.45, 7) is -0.0512. The van der Waals surface area contributed by atoms with Gasteiger partial charge in [0.25, 0.3) is 0 Å². The fourth-order valence-corrected chi connectivity index (χ4v) is 2.66. The molecule has 1 aromatic carbocycles. The Morgan fingerprint density at radius 1 is 1.35 bits per heavy atom. The van der Waals surface area contributed by atoms with E-state index in [-0.39, 0.29) is 23.7 Å². The Kier molecular flexibility index (Phi) is 4.29. The van der Waals surface area contributed by atoms with Crippen LogP contribution in [0.3, 0.4) is 0 Å². The van der Waals surface area contributed by atoms with Gasteiger partial charge in [0.15, 0.2) is 17.3 Å². The number of phenolic OH excluding ortho intramolecular Hbond substituents is 1. The van der Waals surface area contributed by atoms with Gasteiger partial charge in [0.1, 0.15) is 17.9 Å². The highest BCUT2D eigenvalue weighted by atomic mass is 32.1. The number of esters is 1. The smallest absolute Gasteiger partial charge is 0.342 e. The van der Waals surface area contributed by atoms with Gasteiger partial charge in [0.05, 0.1) is 12.0 Å². The van der Waals surface area contributed by atoms with Crippen LogP contribution in [0.25, 0.3) is 10.6 Å². The highest BCUT2D eigenvalue weighted by Crippen LogP contribution is 2.30. The van der Waals surface area contributed by atoms with E-state index in [2.05, 4.69) is 5.16 Å². The molecule has 0 aliphatic rings. The number of aromatic hydroxyl groups is 1. The van der Waals surface area contributed by atoms with E-state index in [0.29, 0.717) is 11.5 Å². The van der Waals surface area contributed by atoms with Gasteiger partial charge >= 0.3 is 5.97 Å². The van der Waals surface area contributed by atoms with Crippen LogP contribution in [0.1, 0.15) is 16.1 Å². The van der Waals surface area contributed by atoms with Crippen molar-refractivity contribution in [1.29, 1.82) is 0 Å². The summed E-state index contributed by atoms with van der Waals surface area (Å²) < 4.78 is 15.3. The molecule has 0 bridgehead atoms. The summed E-state index contributed by atoms with van der Waals surface area (Å²) in [5.74, 6) is -0.0855. The zero-order valence-corrected chi connectivity index (χ0v) is 13.0. The molecule has 23 heavy (non-hydrogen) atoms. The predicted molar refractivity (Wildman–Crippen MR) is 83.6 cm³/mol. The van der Waals surface area contributed by atoms with Crippen LogP contribution in [0.5, 0.6) is 11.5 Å². The number of aromatic nitrogens is 1. The Labute approximate surface area is 135 Å². The van der Waals surface area contributed by atoms with E-state index in [9.17, 15) is 9.90 Å². The number of ether oxygens (including phenoxy) is 2. The highest BCUT2D eigenvalue weighted by Gasteiger charge is 2.17. The second-order valence-electron chi connectivity index (χ2n) is 4.59. The predicted octanol–water partition coefficient (Wildman–Crippen LogP) is 3.47. The first-order valence-corrected chi connectivity index (χ1v) is 7.59. The fourth-order valence-electron chi connectivity index (χ4n) is 1.98. The summed E-state index contributed by atoms with van der Waals surface area (Å²) in [7, 11) is 1.41. The van der Waals surface area contributed by atoms with E-state index in [1.54, 1.807) is 18.2 Å². The first-order chi connectivity index (χ1) is 11.2. The standard InChI is InChI=1S/C16H13NO5S/c1-20-12-5-2-4-11(15(12)18)16(19)21-9-10-8-13(22-17-10)14-6-3-7-23-14/h2-8,18H,9H2,1H3. The van der Waals surface area contributed by atoms with Crippen molar-refractivity contribution in [2.75, 3.05) is 7.11 Å². The van der Waals surface area contributed by atoms with Crippen LogP contribution in [0, 0.1) is 0 Å². The van der Waals surface area contributed by atoms with Crippen molar-refractivity contribution in [3.8, 4) is 22.1 Å². The topological polar surface area (TPSA) is 81.8 Å². The number of para-hydroxylation sites is 1. The maximum atomic E-state index is 12.0. The molecule has 3 aromatic rings. The molecular formula is C16H13NO5S. The molecule has 1 N–H and O–H groups in total. The van der Waals surface area contributed by atoms with Gasteiger partial charge in [-0.3, -0.25) is 0 Å². The number of nitrogens with zero attached hydrogens (tertiary/aromatic N) is 1. The molecule has 0 spiro atoms. The Hall–Kier alpha value is -2.80. The van der Waals surface area contributed by atoms with Crippen molar-refractivity contribution in [3.63, 3.8) is 0 Å².